The summed E-state index contributed by atoms with van der Waals surface area (Å²) < 4.78 is 0. The molecule has 0 aliphatic heterocycles. The van der Waals surface area contributed by atoms with Crippen molar-refractivity contribution in [2.24, 2.45) is 9.98 Å². The van der Waals surface area contributed by atoms with Gasteiger partial charge in [0.1, 0.15) is 0 Å². The van der Waals surface area contributed by atoms with E-state index in [4.69, 9.17) is 9.98 Å². The molecule has 0 fully saturated rings. The van der Waals surface area contributed by atoms with Gasteiger partial charge in [0.2, 0.25) is 0 Å². The van der Waals surface area contributed by atoms with E-state index in [1.807, 2.05) is 36.7 Å². The molecule has 0 saturated heterocycles. The van der Waals surface area contributed by atoms with E-state index in [0.29, 0.717) is 23.7 Å². The molecular formula is C44H50N4. The predicted molar refractivity (Wildman–Crippen MR) is 210 cm³/mol. The van der Waals surface area contributed by atoms with Crippen LogP contribution in [0.1, 0.15) is 112 Å². The Hall–Kier alpha value is -4.96. The van der Waals surface area contributed by atoms with Crippen LogP contribution in [0.3, 0.4) is 0 Å². The van der Waals surface area contributed by atoms with E-state index in [1.54, 1.807) is 0 Å². The molecule has 4 nitrogen and oxygen atoms in total. The van der Waals surface area contributed by atoms with E-state index in [2.05, 4.69) is 151 Å². The maximum Gasteiger partial charge on any atom is 0.0631 e. The second-order valence-corrected chi connectivity index (χ2v) is 13.7. The average Bonchev–Trinajstić information content (AvgIpc) is 3.07. The first kappa shape index (κ1) is 34.4. The highest BCUT2D eigenvalue weighted by atomic mass is 14.9. The van der Waals surface area contributed by atoms with Crippen molar-refractivity contribution < 1.29 is 0 Å². The smallest absolute Gasteiger partial charge is 0.0631 e. The summed E-state index contributed by atoms with van der Waals surface area (Å²) in [7, 11) is 0. The number of para-hydroxylation sites is 4. The number of nitrogens with zero attached hydrogens (tertiary/aromatic N) is 2. The minimum Gasteiger partial charge on any atom is -0.355 e. The second-order valence-electron chi connectivity index (χ2n) is 13.7. The van der Waals surface area contributed by atoms with Crippen molar-refractivity contribution >= 4 is 46.6 Å². The average molecular weight is 635 g/mol. The minimum absolute atomic E-state index is 0.414. The summed E-state index contributed by atoms with van der Waals surface area (Å²) in [6, 6.07) is 38.0. The molecule has 0 spiro atoms. The Balaban J connectivity index is 1.34. The molecule has 0 bridgehead atoms. The number of hydrogen-bond acceptors (Lipinski definition) is 4. The first-order valence-corrected chi connectivity index (χ1v) is 17.3. The first-order valence-electron chi connectivity index (χ1n) is 17.3. The fourth-order valence-corrected chi connectivity index (χ4v) is 6.02. The van der Waals surface area contributed by atoms with Gasteiger partial charge in [0, 0.05) is 46.3 Å². The molecule has 5 rings (SSSR count). The van der Waals surface area contributed by atoms with E-state index in [0.717, 1.165) is 33.9 Å². The van der Waals surface area contributed by atoms with Gasteiger partial charge < -0.3 is 10.6 Å². The summed E-state index contributed by atoms with van der Waals surface area (Å²) in [6.45, 7) is 18.0. The zero-order chi connectivity index (χ0) is 34.2. The summed E-state index contributed by atoms with van der Waals surface area (Å²) in [4.78, 5) is 9.66. The van der Waals surface area contributed by atoms with Gasteiger partial charge in [0.25, 0.3) is 0 Å². The van der Waals surface area contributed by atoms with Crippen molar-refractivity contribution in [3.05, 3.63) is 143 Å². The molecule has 0 aliphatic rings. The monoisotopic (exact) mass is 634 g/mol. The summed E-state index contributed by atoms with van der Waals surface area (Å²) in [5, 5.41) is 7.54. The van der Waals surface area contributed by atoms with Crippen molar-refractivity contribution in [3.8, 4) is 0 Å². The third-order valence-electron chi connectivity index (χ3n) is 8.74. The lowest BCUT2D eigenvalue weighted by atomic mass is 9.92. The van der Waals surface area contributed by atoms with Gasteiger partial charge in [-0.15, -0.1) is 0 Å². The Morgan fingerprint density at radius 1 is 0.396 bits per heavy atom. The molecule has 0 amide bonds. The first-order chi connectivity index (χ1) is 23.1. The highest BCUT2D eigenvalue weighted by Crippen LogP contribution is 2.37. The van der Waals surface area contributed by atoms with Crippen LogP contribution in [0.15, 0.2) is 119 Å². The molecule has 4 heteroatoms. The van der Waals surface area contributed by atoms with Crippen LogP contribution in [-0.2, 0) is 0 Å². The summed E-state index contributed by atoms with van der Waals surface area (Å²) in [5.41, 5.74) is 13.6. The van der Waals surface area contributed by atoms with Crippen LogP contribution in [0.2, 0.25) is 0 Å². The molecule has 0 heterocycles. The molecule has 246 valence electrons. The van der Waals surface area contributed by atoms with E-state index in [1.165, 1.54) is 33.6 Å². The molecular weight excluding hydrogens is 585 g/mol. The van der Waals surface area contributed by atoms with Crippen LogP contribution in [0, 0.1) is 0 Å². The zero-order valence-corrected chi connectivity index (χ0v) is 29.8. The number of hydrogen-bond donors (Lipinski definition) is 2. The van der Waals surface area contributed by atoms with Gasteiger partial charge in [0.05, 0.1) is 11.4 Å². The van der Waals surface area contributed by atoms with Gasteiger partial charge >= 0.3 is 0 Å². The molecule has 0 saturated carbocycles. The standard InChI is InChI=1S/C44H50N4/c1-29(2)37-17-13-18-38(30(3)4)43(37)47-41-21-11-9-15-33(41)27-45-35-23-25-36(26-24-35)46-28-34-16-10-12-22-42(34)48-44-39(31(5)6)19-14-20-40(44)32(7)8/h9-32,47-48H,1-8H3. The van der Waals surface area contributed by atoms with Crippen LogP contribution in [-0.4, -0.2) is 12.4 Å². The third kappa shape index (κ3) is 8.30. The number of rotatable bonds is 12. The fourth-order valence-electron chi connectivity index (χ4n) is 6.02. The normalized spacial score (nSPS) is 11.9. The van der Waals surface area contributed by atoms with Crippen LogP contribution >= 0.6 is 0 Å². The van der Waals surface area contributed by atoms with Crippen molar-refractivity contribution in [2.45, 2.75) is 79.1 Å². The molecule has 0 aliphatic carbocycles. The zero-order valence-electron chi connectivity index (χ0n) is 29.8. The third-order valence-corrected chi connectivity index (χ3v) is 8.74. The number of aliphatic imine (C=N–C) groups is 2. The molecule has 5 aromatic rings. The second kappa shape index (κ2) is 15.8. The van der Waals surface area contributed by atoms with Gasteiger partial charge in [-0.3, -0.25) is 9.98 Å². The highest BCUT2D eigenvalue weighted by Gasteiger charge is 2.16. The van der Waals surface area contributed by atoms with Gasteiger partial charge in [-0.1, -0.05) is 128 Å². The fraction of sp³-hybridized carbons (Fsp3) is 0.273. The van der Waals surface area contributed by atoms with E-state index >= 15 is 0 Å². The summed E-state index contributed by atoms with van der Waals surface area (Å²) in [5.74, 6) is 1.66. The number of benzene rings is 5. The Kier molecular flexibility index (Phi) is 11.3. The Bertz CT molecular complexity index is 1690. The van der Waals surface area contributed by atoms with Crippen LogP contribution in [0.5, 0.6) is 0 Å². The van der Waals surface area contributed by atoms with Gasteiger partial charge in [-0.25, -0.2) is 0 Å². The quantitative estimate of drug-likeness (QED) is 0.134. The molecule has 0 radical (unpaired) electrons. The van der Waals surface area contributed by atoms with Gasteiger partial charge in [0.15, 0.2) is 0 Å². The largest absolute Gasteiger partial charge is 0.355 e. The maximum absolute atomic E-state index is 4.83. The number of nitrogens with one attached hydrogen (secondary N) is 2. The predicted octanol–water partition coefficient (Wildman–Crippen LogP) is 13.2. The van der Waals surface area contributed by atoms with Gasteiger partial charge in [-0.05, 0) is 82.3 Å². The highest BCUT2D eigenvalue weighted by molar-refractivity contribution is 5.92. The molecule has 5 aromatic carbocycles. The summed E-state index contributed by atoms with van der Waals surface area (Å²) in [6.07, 6.45) is 3.88. The van der Waals surface area contributed by atoms with E-state index in [-0.39, 0.29) is 0 Å². The topological polar surface area (TPSA) is 48.8 Å². The lowest BCUT2D eigenvalue weighted by Gasteiger charge is -2.21. The van der Waals surface area contributed by atoms with E-state index < -0.39 is 0 Å². The Morgan fingerprint density at radius 2 is 0.708 bits per heavy atom. The molecule has 0 atom stereocenters. The molecule has 0 unspecified atom stereocenters. The summed E-state index contributed by atoms with van der Waals surface area (Å²) >= 11 is 0. The lowest BCUT2D eigenvalue weighted by molar-refractivity contribution is 0.838. The van der Waals surface area contributed by atoms with Crippen molar-refractivity contribution in [1.29, 1.82) is 0 Å². The minimum atomic E-state index is 0.414. The number of anilines is 4. The Labute approximate surface area is 288 Å². The molecule has 48 heavy (non-hydrogen) atoms. The maximum atomic E-state index is 4.83. The SMILES string of the molecule is CC(C)c1cccc(C(C)C)c1Nc1ccccc1C=Nc1ccc(N=Cc2ccccc2Nc2c(C(C)C)cccc2C(C)C)cc1. The van der Waals surface area contributed by atoms with Crippen LogP contribution in [0.4, 0.5) is 34.1 Å². The van der Waals surface area contributed by atoms with Crippen molar-refractivity contribution in [1.82, 2.24) is 0 Å². The lowest BCUT2D eigenvalue weighted by Crippen LogP contribution is -2.05. The molecule has 2 N–H and O–H groups in total. The van der Waals surface area contributed by atoms with E-state index in [9.17, 15) is 0 Å². The van der Waals surface area contributed by atoms with Crippen LogP contribution < -0.4 is 10.6 Å². The van der Waals surface area contributed by atoms with Gasteiger partial charge in [-0.2, -0.15) is 0 Å². The van der Waals surface area contributed by atoms with Crippen molar-refractivity contribution in [2.75, 3.05) is 10.6 Å². The molecule has 0 aromatic heterocycles. The Morgan fingerprint density at radius 3 is 1.02 bits per heavy atom. The van der Waals surface area contributed by atoms with Crippen LogP contribution in [0.25, 0.3) is 0 Å². The van der Waals surface area contributed by atoms with Crippen molar-refractivity contribution in [3.63, 3.8) is 0 Å².